The maximum Gasteiger partial charge on any atom is 0.279 e. The van der Waals surface area contributed by atoms with Crippen molar-refractivity contribution >= 4 is 15.9 Å². The molecule has 1 N–H and O–H groups in total. The number of nitrogens with zero attached hydrogens (tertiary/aromatic N) is 1. The molecule has 2 aromatic rings. The Bertz CT molecular complexity index is 838. The average Bonchev–Trinajstić information content (AvgIpc) is 2.92. The first-order valence-electron chi connectivity index (χ1n) is 7.61. The van der Waals surface area contributed by atoms with Crippen molar-refractivity contribution in [3.63, 3.8) is 0 Å². The fourth-order valence-corrected chi connectivity index (χ4v) is 3.39. The summed E-state index contributed by atoms with van der Waals surface area (Å²) in [6.07, 6.45) is 1.59. The summed E-state index contributed by atoms with van der Waals surface area (Å²) in [6, 6.07) is 8.82. The van der Waals surface area contributed by atoms with Gasteiger partial charge in [-0.1, -0.05) is 26.0 Å². The maximum absolute atomic E-state index is 12.1. The van der Waals surface area contributed by atoms with Crippen LogP contribution in [-0.4, -0.2) is 25.5 Å². The van der Waals surface area contributed by atoms with Crippen molar-refractivity contribution in [1.29, 1.82) is 0 Å². The van der Waals surface area contributed by atoms with Gasteiger partial charge in [0.1, 0.15) is 5.75 Å². The van der Waals surface area contributed by atoms with Gasteiger partial charge in [0.05, 0.1) is 0 Å². The molecule has 1 aromatic heterocycles. The van der Waals surface area contributed by atoms with E-state index in [0.29, 0.717) is 11.7 Å². The van der Waals surface area contributed by atoms with Gasteiger partial charge < -0.3 is 9.30 Å². The van der Waals surface area contributed by atoms with Crippen LogP contribution in [0.2, 0.25) is 0 Å². The zero-order chi connectivity index (χ0) is 17.9. The van der Waals surface area contributed by atoms with Crippen molar-refractivity contribution in [2.75, 3.05) is 6.61 Å². The number of hydrogen-bond acceptors (Lipinski definition) is 4. The number of aromatic nitrogens is 1. The highest BCUT2D eigenvalue weighted by molar-refractivity contribution is 7.90. The van der Waals surface area contributed by atoms with Gasteiger partial charge in [-0.2, -0.15) is 8.42 Å². The molecule has 0 radical (unpaired) electrons. The van der Waals surface area contributed by atoms with Gasteiger partial charge in [0.25, 0.3) is 15.9 Å². The van der Waals surface area contributed by atoms with E-state index in [1.165, 1.54) is 10.6 Å². The molecule has 0 unspecified atom stereocenters. The maximum atomic E-state index is 12.1. The summed E-state index contributed by atoms with van der Waals surface area (Å²) in [4.78, 5) is 11.9. The summed E-state index contributed by atoms with van der Waals surface area (Å²) in [6.45, 7) is 5.63. The van der Waals surface area contributed by atoms with Crippen LogP contribution < -0.4 is 9.46 Å². The van der Waals surface area contributed by atoms with Crippen LogP contribution in [0.1, 0.15) is 30.9 Å². The Kier molecular flexibility index (Phi) is 5.33. The minimum Gasteiger partial charge on any atom is -0.483 e. The Morgan fingerprint density at radius 1 is 1.29 bits per heavy atom. The second-order valence-electron chi connectivity index (χ2n) is 5.95. The third-order valence-electron chi connectivity index (χ3n) is 3.66. The highest BCUT2D eigenvalue weighted by Gasteiger charge is 2.20. The molecule has 6 nitrogen and oxygen atoms in total. The quantitative estimate of drug-likeness (QED) is 0.867. The molecule has 0 aliphatic rings. The number of aryl methyl sites for hydroxylation is 2. The first-order valence-corrected chi connectivity index (χ1v) is 9.09. The van der Waals surface area contributed by atoms with Crippen LogP contribution in [-0.2, 0) is 21.9 Å². The topological polar surface area (TPSA) is 77.4 Å². The Morgan fingerprint density at radius 3 is 2.58 bits per heavy atom. The molecule has 1 aromatic carbocycles. The van der Waals surface area contributed by atoms with Gasteiger partial charge in [0.15, 0.2) is 11.6 Å². The Labute approximate surface area is 142 Å². The number of ether oxygens (including phenoxy) is 1. The largest absolute Gasteiger partial charge is 0.483 e. The first kappa shape index (κ1) is 18.1. The molecule has 130 valence electrons. The number of benzene rings is 1. The Hall–Kier alpha value is -2.28. The number of amides is 1. The van der Waals surface area contributed by atoms with E-state index in [1.807, 2.05) is 29.8 Å². The highest BCUT2D eigenvalue weighted by atomic mass is 32.2. The zero-order valence-corrected chi connectivity index (χ0v) is 15.1. The van der Waals surface area contributed by atoms with Gasteiger partial charge in [0.2, 0.25) is 0 Å². The molecule has 0 fully saturated rings. The van der Waals surface area contributed by atoms with Gasteiger partial charge in [-0.3, -0.25) is 4.79 Å². The lowest BCUT2D eigenvalue weighted by molar-refractivity contribution is -0.121. The van der Waals surface area contributed by atoms with E-state index in [0.717, 1.165) is 11.1 Å². The van der Waals surface area contributed by atoms with Crippen LogP contribution in [0.15, 0.2) is 41.6 Å². The SMILES string of the molecule is Cc1ccc(C(C)C)cc1OCC(=O)NS(=O)(=O)c1cccn1C. The van der Waals surface area contributed by atoms with Crippen molar-refractivity contribution in [2.45, 2.75) is 31.7 Å². The van der Waals surface area contributed by atoms with Crippen LogP contribution >= 0.6 is 0 Å². The molecular formula is C17H22N2O4S. The summed E-state index contributed by atoms with van der Waals surface area (Å²) >= 11 is 0. The fraction of sp³-hybridized carbons (Fsp3) is 0.353. The zero-order valence-electron chi connectivity index (χ0n) is 14.2. The Balaban J connectivity index is 2.04. The predicted octanol–water partition coefficient (Wildman–Crippen LogP) is 2.34. The normalized spacial score (nSPS) is 11.5. The number of carbonyl (C=O) groups is 1. The first-order chi connectivity index (χ1) is 11.2. The molecule has 0 saturated heterocycles. The lowest BCUT2D eigenvalue weighted by Crippen LogP contribution is -2.35. The molecule has 2 rings (SSSR count). The summed E-state index contributed by atoms with van der Waals surface area (Å²) < 4.78 is 33.2. The molecule has 0 spiro atoms. The molecule has 0 bridgehead atoms. The lowest BCUT2D eigenvalue weighted by atomic mass is 10.0. The molecular weight excluding hydrogens is 328 g/mol. The minimum atomic E-state index is -3.90. The monoisotopic (exact) mass is 350 g/mol. The van der Waals surface area contributed by atoms with Crippen molar-refractivity contribution in [2.24, 2.45) is 7.05 Å². The van der Waals surface area contributed by atoms with Gasteiger partial charge in [-0.15, -0.1) is 0 Å². The molecule has 0 aliphatic carbocycles. The number of rotatable bonds is 6. The van der Waals surface area contributed by atoms with Crippen LogP contribution in [0.25, 0.3) is 0 Å². The van der Waals surface area contributed by atoms with E-state index < -0.39 is 15.9 Å². The van der Waals surface area contributed by atoms with Crippen LogP contribution in [0.5, 0.6) is 5.75 Å². The molecule has 1 amide bonds. The minimum absolute atomic E-state index is 0.0221. The highest BCUT2D eigenvalue weighted by Crippen LogP contribution is 2.24. The predicted molar refractivity (Wildman–Crippen MR) is 91.5 cm³/mol. The second-order valence-corrected chi connectivity index (χ2v) is 7.58. The average molecular weight is 350 g/mol. The van der Waals surface area contributed by atoms with Gasteiger partial charge in [-0.05, 0) is 42.2 Å². The van der Waals surface area contributed by atoms with Crippen molar-refractivity contribution in [1.82, 2.24) is 9.29 Å². The smallest absolute Gasteiger partial charge is 0.279 e. The molecule has 0 saturated carbocycles. The standard InChI is InChI=1S/C17H22N2O4S/c1-12(2)14-8-7-13(3)15(10-14)23-11-16(20)18-24(21,22)17-6-5-9-19(17)4/h5-10,12H,11H2,1-4H3,(H,18,20). The van der Waals surface area contributed by atoms with E-state index in [1.54, 1.807) is 19.3 Å². The fourth-order valence-electron chi connectivity index (χ4n) is 2.23. The van der Waals surface area contributed by atoms with Crippen LogP contribution in [0.3, 0.4) is 0 Å². The van der Waals surface area contributed by atoms with E-state index in [4.69, 9.17) is 4.74 Å². The van der Waals surface area contributed by atoms with Gasteiger partial charge in [0, 0.05) is 13.2 Å². The van der Waals surface area contributed by atoms with Crippen LogP contribution in [0.4, 0.5) is 0 Å². The summed E-state index contributed by atoms with van der Waals surface area (Å²) in [5.74, 6) is 0.192. The van der Waals surface area contributed by atoms with Crippen molar-refractivity contribution < 1.29 is 17.9 Å². The van der Waals surface area contributed by atoms with Gasteiger partial charge in [-0.25, -0.2) is 4.72 Å². The number of sulfonamides is 1. The molecule has 1 heterocycles. The molecule has 0 aliphatic heterocycles. The molecule has 24 heavy (non-hydrogen) atoms. The van der Waals surface area contributed by atoms with Crippen LogP contribution in [0, 0.1) is 6.92 Å². The summed E-state index contributed by atoms with van der Waals surface area (Å²) in [7, 11) is -2.31. The second kappa shape index (κ2) is 7.09. The molecule has 0 atom stereocenters. The third-order valence-corrected chi connectivity index (χ3v) is 5.13. The van der Waals surface area contributed by atoms with Gasteiger partial charge >= 0.3 is 0 Å². The van der Waals surface area contributed by atoms with Crippen molar-refractivity contribution in [3.05, 3.63) is 47.7 Å². The van der Waals surface area contributed by atoms with E-state index in [9.17, 15) is 13.2 Å². The number of carbonyl (C=O) groups excluding carboxylic acids is 1. The number of hydrogen-bond donors (Lipinski definition) is 1. The number of nitrogens with one attached hydrogen (secondary N) is 1. The Morgan fingerprint density at radius 2 is 2.00 bits per heavy atom. The lowest BCUT2D eigenvalue weighted by Gasteiger charge is -2.13. The van der Waals surface area contributed by atoms with E-state index in [-0.39, 0.29) is 11.6 Å². The summed E-state index contributed by atoms with van der Waals surface area (Å²) in [5, 5.41) is 0.0221. The molecule has 7 heteroatoms. The summed E-state index contributed by atoms with van der Waals surface area (Å²) in [5.41, 5.74) is 1.98. The third kappa shape index (κ3) is 4.17. The van der Waals surface area contributed by atoms with E-state index in [2.05, 4.69) is 13.8 Å². The van der Waals surface area contributed by atoms with Crippen molar-refractivity contribution in [3.8, 4) is 5.75 Å². The van der Waals surface area contributed by atoms with E-state index >= 15 is 0 Å².